The van der Waals surface area contributed by atoms with Crippen LogP contribution in [0.15, 0.2) is 54.6 Å². The summed E-state index contributed by atoms with van der Waals surface area (Å²) in [5.41, 5.74) is 1.96. The van der Waals surface area contributed by atoms with Crippen LogP contribution >= 0.6 is 0 Å². The Morgan fingerprint density at radius 3 is 2.28 bits per heavy atom. The Balaban J connectivity index is 1.49. The lowest BCUT2D eigenvalue weighted by Crippen LogP contribution is -2.36. The number of benzene rings is 2. The molecule has 29 heavy (non-hydrogen) atoms. The molecule has 2 N–H and O–H groups in total. The molecule has 0 saturated carbocycles. The summed E-state index contributed by atoms with van der Waals surface area (Å²) in [6.45, 7) is 1.77. The van der Waals surface area contributed by atoms with Crippen molar-refractivity contribution < 1.29 is 14.4 Å². The maximum absolute atomic E-state index is 12.8. The SMILES string of the molecule is O=C(Cc1ccccc1)NCCC(=O)Nc1ccccc1C(=O)N1CCCCC1. The van der Waals surface area contributed by atoms with Gasteiger partial charge in [-0.15, -0.1) is 0 Å². The van der Waals surface area contributed by atoms with Gasteiger partial charge in [0.25, 0.3) is 5.91 Å². The van der Waals surface area contributed by atoms with Crippen LogP contribution in [0.4, 0.5) is 5.69 Å². The average Bonchev–Trinajstić information content (AvgIpc) is 2.75. The van der Waals surface area contributed by atoms with Crippen molar-refractivity contribution in [1.29, 1.82) is 0 Å². The average molecular weight is 393 g/mol. The van der Waals surface area contributed by atoms with Crippen LogP contribution in [-0.4, -0.2) is 42.3 Å². The van der Waals surface area contributed by atoms with Gasteiger partial charge in [-0.25, -0.2) is 0 Å². The van der Waals surface area contributed by atoms with Gasteiger partial charge in [0, 0.05) is 26.1 Å². The fraction of sp³-hybridized carbons (Fsp3) is 0.348. The Hall–Kier alpha value is -3.15. The van der Waals surface area contributed by atoms with Gasteiger partial charge in [0.2, 0.25) is 11.8 Å². The first-order valence-corrected chi connectivity index (χ1v) is 10.1. The van der Waals surface area contributed by atoms with Gasteiger partial charge in [0.05, 0.1) is 17.7 Å². The Kier molecular flexibility index (Phi) is 7.39. The number of piperidine rings is 1. The molecule has 1 aliphatic rings. The first-order chi connectivity index (χ1) is 14.1. The number of likely N-dealkylation sites (tertiary alicyclic amines) is 1. The van der Waals surface area contributed by atoms with E-state index in [0.717, 1.165) is 37.9 Å². The summed E-state index contributed by atoms with van der Waals surface area (Å²) in [5, 5.41) is 5.58. The molecule has 0 radical (unpaired) electrons. The minimum absolute atomic E-state index is 0.0447. The second-order valence-corrected chi connectivity index (χ2v) is 7.21. The summed E-state index contributed by atoms with van der Waals surface area (Å²) in [7, 11) is 0. The zero-order chi connectivity index (χ0) is 20.5. The molecule has 3 rings (SSSR count). The molecular weight excluding hydrogens is 366 g/mol. The standard InChI is InChI=1S/C23H27N3O3/c27-21(13-14-24-22(28)17-18-9-3-1-4-10-18)25-20-12-6-5-11-19(20)23(29)26-15-7-2-8-16-26/h1,3-6,9-12H,2,7-8,13-17H2,(H,24,28)(H,25,27). The van der Waals surface area contributed by atoms with Crippen LogP contribution in [0.5, 0.6) is 0 Å². The number of hydrogen-bond donors (Lipinski definition) is 2. The molecule has 0 spiro atoms. The molecule has 0 aromatic heterocycles. The van der Waals surface area contributed by atoms with E-state index in [-0.39, 0.29) is 37.1 Å². The van der Waals surface area contributed by atoms with Gasteiger partial charge in [-0.1, -0.05) is 42.5 Å². The predicted molar refractivity (Wildman–Crippen MR) is 113 cm³/mol. The third kappa shape index (κ3) is 6.17. The molecule has 3 amide bonds. The van der Waals surface area contributed by atoms with E-state index in [1.807, 2.05) is 35.2 Å². The molecule has 1 fully saturated rings. The lowest BCUT2D eigenvalue weighted by Gasteiger charge is -2.27. The molecule has 0 atom stereocenters. The maximum atomic E-state index is 12.8. The zero-order valence-electron chi connectivity index (χ0n) is 16.5. The summed E-state index contributed by atoms with van der Waals surface area (Å²) in [4.78, 5) is 38.9. The first kappa shape index (κ1) is 20.6. The lowest BCUT2D eigenvalue weighted by molar-refractivity contribution is -0.120. The third-order valence-corrected chi connectivity index (χ3v) is 4.96. The largest absolute Gasteiger partial charge is 0.355 e. The monoisotopic (exact) mass is 393 g/mol. The molecule has 0 unspecified atom stereocenters. The Morgan fingerprint density at radius 1 is 0.828 bits per heavy atom. The van der Waals surface area contributed by atoms with Gasteiger partial charge >= 0.3 is 0 Å². The van der Waals surface area contributed by atoms with E-state index in [0.29, 0.717) is 11.3 Å². The molecule has 152 valence electrons. The topological polar surface area (TPSA) is 78.5 Å². The summed E-state index contributed by atoms with van der Waals surface area (Å²) >= 11 is 0. The molecule has 6 nitrogen and oxygen atoms in total. The van der Waals surface area contributed by atoms with E-state index in [4.69, 9.17) is 0 Å². The number of anilines is 1. The van der Waals surface area contributed by atoms with Crippen LogP contribution in [0.25, 0.3) is 0 Å². The first-order valence-electron chi connectivity index (χ1n) is 10.1. The Bertz CT molecular complexity index is 845. The summed E-state index contributed by atoms with van der Waals surface area (Å²) in [5.74, 6) is -0.398. The van der Waals surface area contributed by atoms with Crippen molar-refractivity contribution in [3.63, 3.8) is 0 Å². The number of hydrogen-bond acceptors (Lipinski definition) is 3. The van der Waals surface area contributed by atoms with Crippen molar-refractivity contribution in [2.45, 2.75) is 32.1 Å². The van der Waals surface area contributed by atoms with Crippen LogP contribution in [0.2, 0.25) is 0 Å². The van der Waals surface area contributed by atoms with E-state index in [9.17, 15) is 14.4 Å². The molecule has 1 saturated heterocycles. The smallest absolute Gasteiger partial charge is 0.255 e. The van der Waals surface area contributed by atoms with Gasteiger partial charge in [0.15, 0.2) is 0 Å². The van der Waals surface area contributed by atoms with Crippen LogP contribution in [0.3, 0.4) is 0 Å². The van der Waals surface area contributed by atoms with Crippen molar-refractivity contribution in [3.8, 4) is 0 Å². The minimum Gasteiger partial charge on any atom is -0.355 e. The van der Waals surface area contributed by atoms with Gasteiger partial charge in [-0.2, -0.15) is 0 Å². The van der Waals surface area contributed by atoms with Gasteiger partial charge in [0.1, 0.15) is 0 Å². The van der Waals surface area contributed by atoms with Crippen molar-refractivity contribution in [2.24, 2.45) is 0 Å². The predicted octanol–water partition coefficient (Wildman–Crippen LogP) is 3.00. The third-order valence-electron chi connectivity index (χ3n) is 4.96. The van der Waals surface area contributed by atoms with E-state index in [2.05, 4.69) is 10.6 Å². The molecule has 6 heteroatoms. The number of amides is 3. The normalized spacial score (nSPS) is 13.6. The van der Waals surface area contributed by atoms with Crippen molar-refractivity contribution in [1.82, 2.24) is 10.2 Å². The van der Waals surface area contributed by atoms with Gasteiger partial charge < -0.3 is 15.5 Å². The van der Waals surface area contributed by atoms with Crippen molar-refractivity contribution >= 4 is 23.4 Å². The summed E-state index contributed by atoms with van der Waals surface area (Å²) < 4.78 is 0. The second-order valence-electron chi connectivity index (χ2n) is 7.21. The number of para-hydroxylation sites is 1. The van der Waals surface area contributed by atoms with Crippen molar-refractivity contribution in [3.05, 3.63) is 65.7 Å². The summed E-state index contributed by atoms with van der Waals surface area (Å²) in [6, 6.07) is 16.5. The van der Waals surface area contributed by atoms with E-state index in [1.165, 1.54) is 0 Å². The molecular formula is C23H27N3O3. The van der Waals surface area contributed by atoms with Crippen molar-refractivity contribution in [2.75, 3.05) is 25.0 Å². The van der Waals surface area contributed by atoms with Crippen LogP contribution in [0.1, 0.15) is 41.6 Å². The number of carbonyl (C=O) groups excluding carboxylic acids is 3. The van der Waals surface area contributed by atoms with Crippen LogP contribution < -0.4 is 10.6 Å². The fourth-order valence-corrected chi connectivity index (χ4v) is 3.42. The van der Waals surface area contributed by atoms with Gasteiger partial charge in [-0.05, 0) is 37.0 Å². The highest BCUT2D eigenvalue weighted by molar-refractivity contribution is 6.03. The molecule has 2 aromatic carbocycles. The zero-order valence-corrected chi connectivity index (χ0v) is 16.5. The van der Waals surface area contributed by atoms with E-state index < -0.39 is 0 Å². The molecule has 1 heterocycles. The number of rotatable bonds is 7. The van der Waals surface area contributed by atoms with E-state index >= 15 is 0 Å². The lowest BCUT2D eigenvalue weighted by atomic mass is 10.1. The second kappa shape index (κ2) is 10.4. The minimum atomic E-state index is -0.232. The van der Waals surface area contributed by atoms with E-state index in [1.54, 1.807) is 24.3 Å². The highest BCUT2D eigenvalue weighted by atomic mass is 16.2. The Morgan fingerprint density at radius 2 is 1.52 bits per heavy atom. The van der Waals surface area contributed by atoms with Crippen LogP contribution in [-0.2, 0) is 16.0 Å². The molecule has 2 aromatic rings. The quantitative estimate of drug-likeness (QED) is 0.759. The number of carbonyl (C=O) groups is 3. The maximum Gasteiger partial charge on any atom is 0.255 e. The number of nitrogens with one attached hydrogen (secondary N) is 2. The number of nitrogens with zero attached hydrogens (tertiary/aromatic N) is 1. The highest BCUT2D eigenvalue weighted by Crippen LogP contribution is 2.20. The highest BCUT2D eigenvalue weighted by Gasteiger charge is 2.21. The fourth-order valence-electron chi connectivity index (χ4n) is 3.42. The Labute approximate surface area is 171 Å². The molecule has 1 aliphatic heterocycles. The summed E-state index contributed by atoms with van der Waals surface area (Å²) in [6.07, 6.45) is 3.62. The molecule has 0 bridgehead atoms. The molecule has 0 aliphatic carbocycles. The van der Waals surface area contributed by atoms with Crippen LogP contribution in [0, 0.1) is 0 Å². The van der Waals surface area contributed by atoms with Gasteiger partial charge in [-0.3, -0.25) is 14.4 Å².